The molecule has 0 saturated heterocycles. The lowest BCUT2D eigenvalue weighted by Crippen LogP contribution is -2.13. The van der Waals surface area contributed by atoms with Crippen LogP contribution in [-0.4, -0.2) is 61.2 Å². The van der Waals surface area contributed by atoms with Crippen LogP contribution in [0.2, 0.25) is 0 Å². The maximum Gasteiger partial charge on any atom is 0.373 e. The van der Waals surface area contributed by atoms with Crippen molar-refractivity contribution < 1.29 is 51.1 Å². The Labute approximate surface area is 388 Å². The minimum atomic E-state index is -3.62. The standard InChI is InChI=1S/C25H29NO6S.C23H24N2O3.2CO2/c1-17-11-12-20-19(15-17)16-22(24(20)18-7-4-3-5-8-18)21-9-6-10-23(26(27)28)25(21)31-13-14-32-33(2,29)30;1-15-10-11-17-20(14-15)24-12-13-28-23-18(8-5-9-19(23)25(26)27)22(24)21(17)16-6-3-2-4-7-16;2*2-1-3/h6,9-12,15,18H,3-5,7-8,13-14,16H2,1-2H3;5,8-11,14,16H,2-4,6-7,12-13H2,1H3;;. The Hall–Kier alpha value is -6.77. The Bertz CT molecular complexity index is 2830. The summed E-state index contributed by atoms with van der Waals surface area (Å²) in [5, 5.41) is 24.7. The number of nitro groups is 2. The van der Waals surface area contributed by atoms with Gasteiger partial charge in [-0.2, -0.15) is 27.6 Å². The lowest BCUT2D eigenvalue weighted by molar-refractivity contribution is -0.386. The van der Waals surface area contributed by atoms with Gasteiger partial charge in [-0.1, -0.05) is 92.6 Å². The maximum absolute atomic E-state index is 11.8. The van der Waals surface area contributed by atoms with Crippen LogP contribution in [0.15, 0.2) is 72.8 Å². The fourth-order valence-corrected chi connectivity index (χ4v) is 10.5. The van der Waals surface area contributed by atoms with E-state index in [9.17, 15) is 28.6 Å². The zero-order valence-corrected chi connectivity index (χ0v) is 38.6. The van der Waals surface area contributed by atoms with Gasteiger partial charge in [0.25, 0.3) is 10.1 Å². The first kappa shape index (κ1) is 49.7. The number of fused-ring (bicyclic) bond motifs is 6. The second kappa shape index (κ2) is 22.6. The van der Waals surface area contributed by atoms with Gasteiger partial charge >= 0.3 is 23.7 Å². The van der Waals surface area contributed by atoms with Gasteiger partial charge in [-0.05, 0) is 103 Å². The van der Waals surface area contributed by atoms with Crippen molar-refractivity contribution in [3.8, 4) is 22.8 Å². The molecule has 9 rings (SSSR count). The molecule has 0 spiro atoms. The van der Waals surface area contributed by atoms with Crippen molar-refractivity contribution in [3.05, 3.63) is 126 Å². The van der Waals surface area contributed by atoms with Crippen molar-refractivity contribution in [2.75, 3.05) is 26.1 Å². The summed E-state index contributed by atoms with van der Waals surface area (Å²) >= 11 is 0. The van der Waals surface area contributed by atoms with Crippen LogP contribution >= 0.6 is 0 Å². The van der Waals surface area contributed by atoms with Crippen LogP contribution in [0.5, 0.6) is 11.5 Å². The Balaban J connectivity index is 0.000000200. The Morgan fingerprint density at radius 1 is 0.731 bits per heavy atom. The summed E-state index contributed by atoms with van der Waals surface area (Å²) in [6.07, 6.45) is 14.2. The molecule has 1 aromatic heterocycles. The molecule has 5 aromatic rings. The number of nitrogens with zero attached hydrogens (tertiary/aromatic N) is 3. The Morgan fingerprint density at radius 2 is 1.31 bits per heavy atom. The van der Waals surface area contributed by atoms with Crippen LogP contribution in [0.4, 0.5) is 11.4 Å². The summed E-state index contributed by atoms with van der Waals surface area (Å²) < 4.78 is 41.4. The predicted octanol–water partition coefficient (Wildman–Crippen LogP) is 10.1. The van der Waals surface area contributed by atoms with Gasteiger partial charge in [0.2, 0.25) is 11.5 Å². The highest BCUT2D eigenvalue weighted by Crippen LogP contribution is 2.51. The van der Waals surface area contributed by atoms with Crippen molar-refractivity contribution >= 4 is 55.8 Å². The van der Waals surface area contributed by atoms with E-state index in [0.717, 1.165) is 35.9 Å². The Morgan fingerprint density at radius 3 is 1.94 bits per heavy atom. The van der Waals surface area contributed by atoms with Crippen LogP contribution in [0.25, 0.3) is 33.3 Å². The number of rotatable bonds is 10. The van der Waals surface area contributed by atoms with Gasteiger partial charge in [0.15, 0.2) is 0 Å². The second-order valence-corrected chi connectivity index (χ2v) is 18.7. The van der Waals surface area contributed by atoms with E-state index in [1.807, 2.05) is 12.1 Å². The van der Waals surface area contributed by atoms with Crippen molar-refractivity contribution in [2.45, 2.75) is 96.9 Å². The fourth-order valence-electron chi connectivity index (χ4n) is 10.1. The first-order valence-corrected chi connectivity index (χ1v) is 24.1. The van der Waals surface area contributed by atoms with E-state index in [1.54, 1.807) is 18.2 Å². The number of nitro benzene ring substituents is 2. The first-order chi connectivity index (χ1) is 32.2. The number of benzene rings is 4. The molecular weight excluding hydrogens is 883 g/mol. The van der Waals surface area contributed by atoms with Crippen molar-refractivity contribution in [2.24, 2.45) is 5.92 Å². The SMILES string of the molecule is Cc1ccc2c(C3CCCCC3)c3n(c2c1)CCOc1c-3cccc1[N+](=O)[O-].Cc1ccc2c(c1)CC(c1cccc([N+](=O)[O-])c1OCCOS(C)(=O)=O)=C2C1CCCCC1.O=C=O.O=C=O. The summed E-state index contributed by atoms with van der Waals surface area (Å²) in [5.74, 6) is 1.51. The normalized spacial score (nSPS) is 15.5. The number of para-hydroxylation sites is 2. The highest BCUT2D eigenvalue weighted by Gasteiger charge is 2.34. The quantitative estimate of drug-likeness (QED) is 0.0551. The molecule has 3 aliphatic carbocycles. The number of ether oxygens (including phenoxy) is 2. The van der Waals surface area contributed by atoms with Crippen molar-refractivity contribution in [1.82, 2.24) is 4.57 Å². The summed E-state index contributed by atoms with van der Waals surface area (Å²) in [6, 6.07) is 23.5. The molecule has 0 N–H and O–H groups in total. The van der Waals surface area contributed by atoms with E-state index in [4.69, 9.17) is 32.8 Å². The molecular formula is C50H53N3O13S. The minimum absolute atomic E-state index is 0.0574. The van der Waals surface area contributed by atoms with E-state index < -0.39 is 15.0 Å². The van der Waals surface area contributed by atoms with E-state index in [1.165, 1.54) is 102 Å². The first-order valence-electron chi connectivity index (χ1n) is 22.3. The predicted molar refractivity (Wildman–Crippen MR) is 248 cm³/mol. The smallest absolute Gasteiger partial charge is 0.373 e. The monoisotopic (exact) mass is 935 g/mol. The van der Waals surface area contributed by atoms with Gasteiger partial charge in [0.05, 0.1) is 28.3 Å². The fraction of sp³-hybridized carbons (Fsp3) is 0.400. The third-order valence-corrected chi connectivity index (χ3v) is 13.3. The zero-order valence-electron chi connectivity index (χ0n) is 37.7. The molecule has 0 unspecified atom stereocenters. The van der Waals surface area contributed by atoms with Crippen LogP contribution in [-0.2, 0) is 46.4 Å². The molecule has 67 heavy (non-hydrogen) atoms. The number of aryl methyl sites for hydroxylation is 2. The van der Waals surface area contributed by atoms with Gasteiger partial charge in [-0.25, -0.2) is 0 Å². The molecule has 0 radical (unpaired) electrons. The second-order valence-electron chi connectivity index (χ2n) is 17.0. The molecule has 4 aliphatic rings. The zero-order chi connectivity index (χ0) is 48.3. The van der Waals surface area contributed by atoms with Gasteiger partial charge in [-0.15, -0.1) is 0 Å². The summed E-state index contributed by atoms with van der Waals surface area (Å²) in [7, 11) is -3.62. The molecule has 0 amide bonds. The topological polar surface area (TPSA) is 221 Å². The molecule has 0 bridgehead atoms. The molecule has 2 heterocycles. The van der Waals surface area contributed by atoms with Crippen molar-refractivity contribution in [1.29, 1.82) is 0 Å². The molecule has 4 aromatic carbocycles. The highest BCUT2D eigenvalue weighted by molar-refractivity contribution is 7.85. The number of carbonyl (C=O) groups excluding carboxylic acids is 4. The number of hydrogen-bond donors (Lipinski definition) is 0. The summed E-state index contributed by atoms with van der Waals surface area (Å²) in [5.41, 5.74) is 12.5. The van der Waals surface area contributed by atoms with E-state index in [0.29, 0.717) is 42.7 Å². The summed E-state index contributed by atoms with van der Waals surface area (Å²) in [4.78, 5) is 55.1. The van der Waals surface area contributed by atoms with Crippen LogP contribution in [0.1, 0.15) is 104 Å². The number of aromatic nitrogens is 1. The van der Waals surface area contributed by atoms with Crippen LogP contribution < -0.4 is 9.47 Å². The van der Waals surface area contributed by atoms with Gasteiger partial charge < -0.3 is 14.0 Å². The average Bonchev–Trinajstić information content (AvgIpc) is 3.76. The lowest BCUT2D eigenvalue weighted by Gasteiger charge is -2.25. The minimum Gasteiger partial charge on any atom is -0.484 e. The van der Waals surface area contributed by atoms with Gasteiger partial charge in [-0.3, -0.25) is 24.4 Å². The third kappa shape index (κ3) is 11.6. The summed E-state index contributed by atoms with van der Waals surface area (Å²) in [6.45, 7) is 5.01. The number of allylic oxidation sites excluding steroid dienone is 2. The molecule has 17 heteroatoms. The highest BCUT2D eigenvalue weighted by atomic mass is 32.2. The molecule has 2 fully saturated rings. The van der Waals surface area contributed by atoms with Crippen LogP contribution in [0.3, 0.4) is 0 Å². The third-order valence-electron chi connectivity index (χ3n) is 12.7. The largest absolute Gasteiger partial charge is 0.484 e. The van der Waals surface area contributed by atoms with E-state index in [2.05, 4.69) is 54.8 Å². The van der Waals surface area contributed by atoms with Gasteiger partial charge in [0.1, 0.15) is 19.8 Å². The average molecular weight is 936 g/mol. The van der Waals surface area contributed by atoms with Crippen LogP contribution in [0, 0.1) is 40.0 Å². The Kier molecular flexibility index (Phi) is 16.8. The van der Waals surface area contributed by atoms with Gasteiger partial charge in [0, 0.05) is 34.2 Å². The van der Waals surface area contributed by atoms with E-state index >= 15 is 0 Å². The lowest BCUT2D eigenvalue weighted by atomic mass is 9.79. The molecule has 0 atom stereocenters. The van der Waals surface area contributed by atoms with Crippen molar-refractivity contribution in [3.63, 3.8) is 0 Å². The number of hydrogen-bond acceptors (Lipinski definition) is 13. The molecule has 352 valence electrons. The molecule has 16 nitrogen and oxygen atoms in total. The molecule has 2 saturated carbocycles. The van der Waals surface area contributed by atoms with E-state index in [-0.39, 0.29) is 47.6 Å². The maximum atomic E-state index is 11.8. The molecule has 1 aliphatic heterocycles.